The molecule has 0 aliphatic heterocycles. The minimum atomic E-state index is 0.0802. The molecule has 0 saturated carbocycles. The molecule has 0 saturated heterocycles. The van der Waals surface area contributed by atoms with E-state index in [1.54, 1.807) is 24.1 Å². The standard InChI is InChI=1S/C14H20N4O2/c1-11(13-5-4-12(20-2)10-14(13)19)15-6-3-8-18-9-7-16-17-18/h4-5,7,9-11,15,19H,3,6,8H2,1-2H3. The van der Waals surface area contributed by atoms with Crippen LogP contribution in [0.25, 0.3) is 0 Å². The molecule has 108 valence electrons. The second-order valence-electron chi connectivity index (χ2n) is 4.62. The SMILES string of the molecule is COc1ccc(C(C)NCCCn2ccnn2)c(O)c1. The van der Waals surface area contributed by atoms with Crippen LogP contribution in [-0.4, -0.2) is 33.8 Å². The molecule has 0 aliphatic carbocycles. The van der Waals surface area contributed by atoms with Crippen molar-refractivity contribution in [3.63, 3.8) is 0 Å². The van der Waals surface area contributed by atoms with Gasteiger partial charge in [-0.25, -0.2) is 0 Å². The van der Waals surface area contributed by atoms with Crippen molar-refractivity contribution in [2.75, 3.05) is 13.7 Å². The molecule has 20 heavy (non-hydrogen) atoms. The number of hydrogen-bond donors (Lipinski definition) is 2. The van der Waals surface area contributed by atoms with E-state index in [0.717, 1.165) is 25.1 Å². The Bertz CT molecular complexity index is 528. The number of aryl methyl sites for hydroxylation is 1. The van der Waals surface area contributed by atoms with Crippen molar-refractivity contribution in [3.05, 3.63) is 36.2 Å². The minimum Gasteiger partial charge on any atom is -0.507 e. The molecule has 2 aromatic rings. The van der Waals surface area contributed by atoms with Gasteiger partial charge >= 0.3 is 0 Å². The molecule has 0 fully saturated rings. The first kappa shape index (κ1) is 14.3. The molecule has 6 heteroatoms. The summed E-state index contributed by atoms with van der Waals surface area (Å²) in [6.45, 7) is 3.69. The molecule has 1 heterocycles. The topological polar surface area (TPSA) is 72.2 Å². The van der Waals surface area contributed by atoms with Crippen LogP contribution in [0.4, 0.5) is 0 Å². The smallest absolute Gasteiger partial charge is 0.124 e. The third kappa shape index (κ3) is 3.71. The van der Waals surface area contributed by atoms with Crippen LogP contribution in [0.3, 0.4) is 0 Å². The van der Waals surface area contributed by atoms with Gasteiger partial charge in [0.05, 0.1) is 13.3 Å². The Balaban J connectivity index is 1.80. The van der Waals surface area contributed by atoms with E-state index in [1.807, 2.05) is 25.3 Å². The number of phenols is 1. The Hall–Kier alpha value is -2.08. The summed E-state index contributed by atoms with van der Waals surface area (Å²) >= 11 is 0. The van der Waals surface area contributed by atoms with Crippen LogP contribution in [0.15, 0.2) is 30.6 Å². The number of nitrogens with zero attached hydrogens (tertiary/aromatic N) is 3. The van der Waals surface area contributed by atoms with Crippen LogP contribution < -0.4 is 10.1 Å². The van der Waals surface area contributed by atoms with Crippen LogP contribution in [0.2, 0.25) is 0 Å². The highest BCUT2D eigenvalue weighted by Gasteiger charge is 2.10. The summed E-state index contributed by atoms with van der Waals surface area (Å²) in [4.78, 5) is 0. The van der Waals surface area contributed by atoms with Crippen LogP contribution in [-0.2, 0) is 6.54 Å². The quantitative estimate of drug-likeness (QED) is 0.754. The lowest BCUT2D eigenvalue weighted by Crippen LogP contribution is -2.21. The van der Waals surface area contributed by atoms with Crippen molar-refractivity contribution in [3.8, 4) is 11.5 Å². The van der Waals surface area contributed by atoms with E-state index in [4.69, 9.17) is 4.74 Å². The summed E-state index contributed by atoms with van der Waals surface area (Å²) in [6.07, 6.45) is 4.47. The van der Waals surface area contributed by atoms with E-state index in [1.165, 1.54) is 0 Å². The van der Waals surface area contributed by atoms with Gasteiger partial charge in [0.2, 0.25) is 0 Å². The Morgan fingerprint density at radius 2 is 2.30 bits per heavy atom. The first-order valence-electron chi connectivity index (χ1n) is 6.65. The average Bonchev–Trinajstić information content (AvgIpc) is 2.96. The number of ether oxygens (including phenoxy) is 1. The third-order valence-corrected chi connectivity index (χ3v) is 3.19. The summed E-state index contributed by atoms with van der Waals surface area (Å²) in [5.41, 5.74) is 0.867. The fourth-order valence-corrected chi connectivity index (χ4v) is 2.04. The van der Waals surface area contributed by atoms with Gasteiger partial charge in [0.1, 0.15) is 11.5 Å². The summed E-state index contributed by atoms with van der Waals surface area (Å²) in [6, 6.07) is 5.44. The summed E-state index contributed by atoms with van der Waals surface area (Å²) in [5, 5.41) is 21.0. The monoisotopic (exact) mass is 276 g/mol. The first-order valence-corrected chi connectivity index (χ1v) is 6.65. The first-order chi connectivity index (χ1) is 9.70. The maximum atomic E-state index is 9.96. The lowest BCUT2D eigenvalue weighted by Gasteiger charge is -2.16. The fraction of sp³-hybridized carbons (Fsp3) is 0.429. The minimum absolute atomic E-state index is 0.0802. The van der Waals surface area contributed by atoms with Gasteiger partial charge in [0.25, 0.3) is 0 Å². The Labute approximate surface area is 118 Å². The van der Waals surface area contributed by atoms with Gasteiger partial charge in [-0.15, -0.1) is 5.10 Å². The summed E-state index contributed by atoms with van der Waals surface area (Å²) in [5.74, 6) is 0.908. The third-order valence-electron chi connectivity index (χ3n) is 3.19. The number of aromatic hydroxyl groups is 1. The van der Waals surface area contributed by atoms with Gasteiger partial charge in [0, 0.05) is 30.4 Å². The lowest BCUT2D eigenvalue weighted by molar-refractivity contribution is 0.403. The van der Waals surface area contributed by atoms with Crippen molar-refractivity contribution >= 4 is 0 Å². The highest BCUT2D eigenvalue weighted by atomic mass is 16.5. The molecular weight excluding hydrogens is 256 g/mol. The predicted octanol–water partition coefficient (Wildman–Crippen LogP) is 1.73. The molecule has 2 N–H and O–H groups in total. The van der Waals surface area contributed by atoms with E-state index in [9.17, 15) is 5.11 Å². The number of rotatable bonds is 7. The van der Waals surface area contributed by atoms with Gasteiger partial charge in [-0.05, 0) is 26.0 Å². The van der Waals surface area contributed by atoms with Crippen LogP contribution in [0.5, 0.6) is 11.5 Å². The van der Waals surface area contributed by atoms with Crippen molar-refractivity contribution in [2.24, 2.45) is 0 Å². The Morgan fingerprint density at radius 1 is 1.45 bits per heavy atom. The number of aromatic nitrogens is 3. The van der Waals surface area contributed by atoms with Gasteiger partial charge in [-0.2, -0.15) is 0 Å². The van der Waals surface area contributed by atoms with E-state index in [2.05, 4.69) is 15.6 Å². The number of nitrogens with one attached hydrogen (secondary N) is 1. The molecule has 0 amide bonds. The maximum absolute atomic E-state index is 9.96. The molecule has 1 atom stereocenters. The van der Waals surface area contributed by atoms with Crippen LogP contribution in [0.1, 0.15) is 24.9 Å². The van der Waals surface area contributed by atoms with Crippen molar-refractivity contribution in [1.29, 1.82) is 0 Å². The van der Waals surface area contributed by atoms with Crippen molar-refractivity contribution in [1.82, 2.24) is 20.3 Å². The normalized spacial score (nSPS) is 12.3. The van der Waals surface area contributed by atoms with Gasteiger partial charge < -0.3 is 15.2 Å². The van der Waals surface area contributed by atoms with E-state index < -0.39 is 0 Å². The molecule has 2 rings (SSSR count). The van der Waals surface area contributed by atoms with Crippen molar-refractivity contribution in [2.45, 2.75) is 25.9 Å². The molecule has 0 aliphatic rings. The predicted molar refractivity (Wildman–Crippen MR) is 75.7 cm³/mol. The second-order valence-corrected chi connectivity index (χ2v) is 4.62. The Kier molecular flexibility index (Phi) is 4.95. The average molecular weight is 276 g/mol. The molecule has 0 radical (unpaired) electrons. The Morgan fingerprint density at radius 3 is 2.95 bits per heavy atom. The number of benzene rings is 1. The van der Waals surface area contributed by atoms with Crippen molar-refractivity contribution < 1.29 is 9.84 Å². The molecular formula is C14H20N4O2. The zero-order valence-corrected chi connectivity index (χ0v) is 11.8. The van der Waals surface area contributed by atoms with E-state index >= 15 is 0 Å². The largest absolute Gasteiger partial charge is 0.507 e. The molecule has 6 nitrogen and oxygen atoms in total. The number of phenolic OH excluding ortho intramolecular Hbond substituents is 1. The van der Waals surface area contributed by atoms with Gasteiger partial charge in [-0.1, -0.05) is 11.3 Å². The fourth-order valence-electron chi connectivity index (χ4n) is 2.04. The zero-order valence-electron chi connectivity index (χ0n) is 11.8. The van der Waals surface area contributed by atoms with Crippen LogP contribution >= 0.6 is 0 Å². The molecule has 0 spiro atoms. The lowest BCUT2D eigenvalue weighted by atomic mass is 10.1. The van der Waals surface area contributed by atoms with Gasteiger partial charge in [-0.3, -0.25) is 4.68 Å². The number of hydrogen-bond acceptors (Lipinski definition) is 5. The molecule has 1 aromatic heterocycles. The van der Waals surface area contributed by atoms with E-state index in [-0.39, 0.29) is 11.8 Å². The summed E-state index contributed by atoms with van der Waals surface area (Å²) in [7, 11) is 1.58. The highest BCUT2D eigenvalue weighted by molar-refractivity contribution is 5.41. The van der Waals surface area contributed by atoms with Gasteiger partial charge in [0.15, 0.2) is 0 Å². The molecule has 1 unspecified atom stereocenters. The highest BCUT2D eigenvalue weighted by Crippen LogP contribution is 2.28. The molecule has 1 aromatic carbocycles. The van der Waals surface area contributed by atoms with E-state index in [0.29, 0.717) is 5.75 Å². The van der Waals surface area contributed by atoms with Crippen LogP contribution in [0, 0.1) is 0 Å². The maximum Gasteiger partial charge on any atom is 0.124 e. The number of methoxy groups -OCH3 is 1. The second kappa shape index (κ2) is 6.91. The zero-order chi connectivity index (χ0) is 14.4. The summed E-state index contributed by atoms with van der Waals surface area (Å²) < 4.78 is 6.88. The molecule has 0 bridgehead atoms.